The van der Waals surface area contributed by atoms with E-state index in [1.807, 2.05) is 0 Å². The van der Waals surface area contributed by atoms with Crippen LogP contribution >= 0.6 is 11.3 Å². The van der Waals surface area contributed by atoms with Crippen LogP contribution in [-0.4, -0.2) is 27.7 Å². The van der Waals surface area contributed by atoms with E-state index in [9.17, 15) is 4.79 Å². The molecule has 0 spiro atoms. The topological polar surface area (TPSA) is 50.5 Å². The van der Waals surface area contributed by atoms with Crippen LogP contribution in [0.1, 0.15) is 32.6 Å². The van der Waals surface area contributed by atoms with Gasteiger partial charge in [0.25, 0.3) is 5.56 Å². The molecule has 0 aliphatic heterocycles. The van der Waals surface area contributed by atoms with E-state index in [0.29, 0.717) is 11.0 Å². The molecule has 102 valence electrons. The third kappa shape index (κ3) is 2.36. The van der Waals surface area contributed by atoms with E-state index >= 15 is 0 Å². The highest BCUT2D eigenvalue weighted by Crippen LogP contribution is 2.31. The van der Waals surface area contributed by atoms with Crippen molar-refractivity contribution in [3.8, 4) is 0 Å². The summed E-state index contributed by atoms with van der Waals surface area (Å²) in [7, 11) is 2.07. The molecule has 1 aliphatic rings. The summed E-state index contributed by atoms with van der Waals surface area (Å²) in [5.41, 5.74) is -0.113. The minimum Gasteiger partial charge on any atom is -0.347 e. The number of fused-ring (bicyclic) bond motifs is 1. The van der Waals surface area contributed by atoms with Crippen LogP contribution in [0.25, 0.3) is 4.96 Å². The van der Waals surface area contributed by atoms with Gasteiger partial charge >= 0.3 is 0 Å². The van der Waals surface area contributed by atoms with Crippen molar-refractivity contribution >= 4 is 21.4 Å². The summed E-state index contributed by atoms with van der Waals surface area (Å²) in [5.74, 6) is 0.774. The van der Waals surface area contributed by atoms with Crippen LogP contribution in [0, 0.1) is 5.92 Å². The lowest BCUT2D eigenvalue weighted by atomic mass is 9.86. The Hall–Kier alpha value is -1.43. The number of aromatic nitrogens is 3. The van der Waals surface area contributed by atoms with Crippen molar-refractivity contribution in [2.24, 2.45) is 5.92 Å². The van der Waals surface area contributed by atoms with Crippen LogP contribution in [0.5, 0.6) is 0 Å². The molecule has 1 fully saturated rings. The van der Waals surface area contributed by atoms with Gasteiger partial charge in [0.2, 0.25) is 10.1 Å². The van der Waals surface area contributed by atoms with E-state index in [4.69, 9.17) is 0 Å². The van der Waals surface area contributed by atoms with Gasteiger partial charge in [0.05, 0.1) is 0 Å². The molecule has 2 aromatic rings. The van der Waals surface area contributed by atoms with E-state index in [0.717, 1.165) is 11.0 Å². The highest BCUT2D eigenvalue weighted by atomic mass is 32.1. The minimum atomic E-state index is -0.113. The van der Waals surface area contributed by atoms with Gasteiger partial charge in [0.1, 0.15) is 0 Å². The van der Waals surface area contributed by atoms with Gasteiger partial charge in [-0.25, -0.2) is 4.98 Å². The van der Waals surface area contributed by atoms with Gasteiger partial charge in [0.15, 0.2) is 0 Å². The smallest absolute Gasteiger partial charge is 0.275 e. The van der Waals surface area contributed by atoms with Crippen molar-refractivity contribution in [2.45, 2.75) is 38.6 Å². The summed E-state index contributed by atoms with van der Waals surface area (Å²) in [6.45, 7) is 2.31. The summed E-state index contributed by atoms with van der Waals surface area (Å²) in [4.78, 5) is 18.8. The standard InChI is InChI=1S/C13H18N4OS/c1-9-4-3-5-10(8-9)16(2)13-15-17-11(18)6-7-14-12(17)19-13/h6-7,9-10H,3-5,8H2,1-2H3/t9-,10+/m1/s1. The molecule has 0 unspecified atom stereocenters. The SMILES string of the molecule is C[C@@H]1CCC[C@H](N(C)c2nn3c(=O)ccnc3s2)C1. The van der Waals surface area contributed by atoms with Gasteiger partial charge in [-0.05, 0) is 18.8 Å². The summed E-state index contributed by atoms with van der Waals surface area (Å²) < 4.78 is 1.39. The molecule has 0 radical (unpaired) electrons. The van der Waals surface area contributed by atoms with Gasteiger partial charge in [-0.15, -0.1) is 5.10 Å². The van der Waals surface area contributed by atoms with Crippen LogP contribution < -0.4 is 10.5 Å². The van der Waals surface area contributed by atoms with Crippen LogP contribution in [-0.2, 0) is 0 Å². The lowest BCUT2D eigenvalue weighted by molar-refractivity contribution is 0.336. The molecule has 0 amide bonds. The fourth-order valence-electron chi connectivity index (χ4n) is 2.79. The fraction of sp³-hybridized carbons (Fsp3) is 0.615. The second-order valence-electron chi connectivity index (χ2n) is 5.40. The first-order valence-corrected chi connectivity index (χ1v) is 7.54. The summed E-state index contributed by atoms with van der Waals surface area (Å²) in [6.07, 6.45) is 6.56. The minimum absolute atomic E-state index is 0.113. The Morgan fingerprint density at radius 2 is 2.32 bits per heavy atom. The van der Waals surface area contributed by atoms with Gasteiger partial charge in [-0.3, -0.25) is 4.79 Å². The second-order valence-corrected chi connectivity index (χ2v) is 6.33. The predicted octanol–water partition coefficient (Wildman–Crippen LogP) is 2.17. The molecular weight excluding hydrogens is 260 g/mol. The predicted molar refractivity (Wildman–Crippen MR) is 77.0 cm³/mol. The van der Waals surface area contributed by atoms with Crippen molar-refractivity contribution in [1.29, 1.82) is 0 Å². The van der Waals surface area contributed by atoms with Gasteiger partial charge < -0.3 is 4.90 Å². The third-order valence-corrected chi connectivity index (χ3v) is 4.93. The monoisotopic (exact) mass is 278 g/mol. The molecule has 0 N–H and O–H groups in total. The highest BCUT2D eigenvalue weighted by Gasteiger charge is 2.24. The average Bonchev–Trinajstić information content (AvgIpc) is 2.83. The van der Waals surface area contributed by atoms with Crippen molar-refractivity contribution < 1.29 is 0 Å². The van der Waals surface area contributed by atoms with Crippen molar-refractivity contribution in [3.63, 3.8) is 0 Å². The molecule has 0 aromatic carbocycles. The van der Waals surface area contributed by atoms with E-state index in [-0.39, 0.29) is 5.56 Å². The largest absolute Gasteiger partial charge is 0.347 e. The van der Waals surface area contributed by atoms with E-state index < -0.39 is 0 Å². The molecule has 6 heteroatoms. The van der Waals surface area contributed by atoms with Crippen LogP contribution in [0.15, 0.2) is 17.1 Å². The zero-order chi connectivity index (χ0) is 13.4. The molecular formula is C13H18N4OS. The first-order valence-electron chi connectivity index (χ1n) is 6.73. The zero-order valence-corrected chi connectivity index (χ0v) is 12.1. The lowest BCUT2D eigenvalue weighted by Crippen LogP contribution is -2.35. The van der Waals surface area contributed by atoms with Crippen LogP contribution in [0.4, 0.5) is 5.13 Å². The summed E-state index contributed by atoms with van der Waals surface area (Å²) >= 11 is 1.48. The molecule has 1 aliphatic carbocycles. The Bertz CT molecular complexity index is 635. The molecule has 2 heterocycles. The first-order chi connectivity index (χ1) is 9.15. The number of anilines is 1. The maximum atomic E-state index is 11.7. The molecule has 2 aromatic heterocycles. The van der Waals surface area contributed by atoms with Crippen molar-refractivity contribution in [2.75, 3.05) is 11.9 Å². The molecule has 0 saturated heterocycles. The molecule has 1 saturated carbocycles. The Labute approximate surface area is 115 Å². The Morgan fingerprint density at radius 1 is 1.47 bits per heavy atom. The molecule has 2 atom stereocenters. The number of rotatable bonds is 2. The maximum Gasteiger partial charge on any atom is 0.275 e. The van der Waals surface area contributed by atoms with E-state index in [1.165, 1.54) is 47.6 Å². The number of hydrogen-bond donors (Lipinski definition) is 0. The number of nitrogens with zero attached hydrogens (tertiary/aromatic N) is 4. The third-order valence-electron chi connectivity index (χ3n) is 3.92. The summed E-state index contributed by atoms with van der Waals surface area (Å²) in [6, 6.07) is 1.97. The second kappa shape index (κ2) is 4.92. The Morgan fingerprint density at radius 3 is 3.05 bits per heavy atom. The summed E-state index contributed by atoms with van der Waals surface area (Å²) in [5, 5.41) is 5.28. The Balaban J connectivity index is 1.91. The first kappa shape index (κ1) is 12.6. The lowest BCUT2D eigenvalue weighted by Gasteiger charge is -2.33. The fourth-order valence-corrected chi connectivity index (χ4v) is 3.70. The Kier molecular flexibility index (Phi) is 3.26. The quantitative estimate of drug-likeness (QED) is 0.844. The highest BCUT2D eigenvalue weighted by molar-refractivity contribution is 7.20. The van der Waals surface area contributed by atoms with Crippen molar-refractivity contribution in [1.82, 2.24) is 14.6 Å². The van der Waals surface area contributed by atoms with Gasteiger partial charge in [-0.1, -0.05) is 31.1 Å². The van der Waals surface area contributed by atoms with Gasteiger partial charge in [-0.2, -0.15) is 4.52 Å². The van der Waals surface area contributed by atoms with Crippen molar-refractivity contribution in [3.05, 3.63) is 22.6 Å². The van der Waals surface area contributed by atoms with Crippen LogP contribution in [0.3, 0.4) is 0 Å². The molecule has 0 bridgehead atoms. The van der Waals surface area contributed by atoms with E-state index in [2.05, 4.69) is 29.0 Å². The van der Waals surface area contributed by atoms with Crippen LogP contribution in [0.2, 0.25) is 0 Å². The molecule has 19 heavy (non-hydrogen) atoms. The number of hydrogen-bond acceptors (Lipinski definition) is 5. The molecule has 3 rings (SSSR count). The van der Waals surface area contributed by atoms with Gasteiger partial charge in [0, 0.05) is 25.4 Å². The average molecular weight is 278 g/mol. The molecule has 5 nitrogen and oxygen atoms in total. The maximum absolute atomic E-state index is 11.7. The zero-order valence-electron chi connectivity index (χ0n) is 11.2. The van der Waals surface area contributed by atoms with E-state index in [1.54, 1.807) is 6.20 Å². The normalized spacial score (nSPS) is 23.7.